The van der Waals surface area contributed by atoms with Crippen molar-refractivity contribution in [3.63, 3.8) is 0 Å². The Morgan fingerprint density at radius 2 is 2.40 bits per heavy atom. The molecule has 4 heteroatoms. The first-order valence-corrected chi connectivity index (χ1v) is 5.37. The predicted molar refractivity (Wildman–Crippen MR) is 58.0 cm³/mol. The Morgan fingerprint density at radius 1 is 1.73 bits per heavy atom. The van der Waals surface area contributed by atoms with Crippen molar-refractivity contribution < 1.29 is 4.79 Å². The van der Waals surface area contributed by atoms with Gasteiger partial charge in [0.25, 0.3) is 0 Å². The first-order chi connectivity index (χ1) is 7.04. The van der Waals surface area contributed by atoms with Gasteiger partial charge in [0, 0.05) is 20.1 Å². The van der Waals surface area contributed by atoms with E-state index < -0.39 is 5.92 Å². The largest absolute Gasteiger partial charge is 0.344 e. The highest BCUT2D eigenvalue weighted by Crippen LogP contribution is 2.15. The van der Waals surface area contributed by atoms with Crippen molar-refractivity contribution in [1.29, 1.82) is 5.26 Å². The molecule has 0 saturated carbocycles. The highest BCUT2D eigenvalue weighted by atomic mass is 16.2. The summed E-state index contributed by atoms with van der Waals surface area (Å²) in [5, 5.41) is 8.65. The minimum Gasteiger partial charge on any atom is -0.344 e. The van der Waals surface area contributed by atoms with Crippen LogP contribution in [0.4, 0.5) is 0 Å². The number of hydrogen-bond acceptors (Lipinski definition) is 3. The van der Waals surface area contributed by atoms with E-state index in [0.29, 0.717) is 5.92 Å². The summed E-state index contributed by atoms with van der Waals surface area (Å²) < 4.78 is 0. The first kappa shape index (κ1) is 12.0. The van der Waals surface area contributed by atoms with Crippen LogP contribution >= 0.6 is 0 Å². The monoisotopic (exact) mass is 209 g/mol. The van der Waals surface area contributed by atoms with E-state index >= 15 is 0 Å². The SMILES string of the molecule is CC(C#N)C(=O)N(C)CC1CCN(C)C1. The molecule has 1 heterocycles. The molecule has 0 bridgehead atoms. The average molecular weight is 209 g/mol. The van der Waals surface area contributed by atoms with Gasteiger partial charge in [-0.05, 0) is 32.9 Å². The molecule has 84 valence electrons. The summed E-state index contributed by atoms with van der Waals surface area (Å²) in [5.74, 6) is -0.0176. The van der Waals surface area contributed by atoms with E-state index in [2.05, 4.69) is 11.9 Å². The molecule has 0 aromatic rings. The van der Waals surface area contributed by atoms with E-state index in [4.69, 9.17) is 5.26 Å². The minimum absolute atomic E-state index is 0.0629. The normalized spacial score (nSPS) is 23.5. The van der Waals surface area contributed by atoms with Crippen LogP contribution in [0.1, 0.15) is 13.3 Å². The average Bonchev–Trinajstić information content (AvgIpc) is 2.61. The lowest BCUT2D eigenvalue weighted by atomic mass is 10.1. The molecule has 0 aromatic carbocycles. The van der Waals surface area contributed by atoms with Crippen LogP contribution in [0.5, 0.6) is 0 Å². The third-order valence-corrected chi connectivity index (χ3v) is 2.96. The van der Waals surface area contributed by atoms with Crippen LogP contribution in [0.25, 0.3) is 0 Å². The van der Waals surface area contributed by atoms with Crippen molar-refractivity contribution in [3.05, 3.63) is 0 Å². The van der Waals surface area contributed by atoms with Crippen molar-refractivity contribution >= 4 is 5.91 Å². The molecule has 2 unspecified atom stereocenters. The molecular weight excluding hydrogens is 190 g/mol. The van der Waals surface area contributed by atoms with Crippen molar-refractivity contribution in [3.8, 4) is 6.07 Å². The molecule has 1 amide bonds. The Morgan fingerprint density at radius 3 is 2.87 bits per heavy atom. The lowest BCUT2D eigenvalue weighted by Crippen LogP contribution is -2.35. The quantitative estimate of drug-likeness (QED) is 0.682. The van der Waals surface area contributed by atoms with Gasteiger partial charge in [-0.25, -0.2) is 0 Å². The fourth-order valence-electron chi connectivity index (χ4n) is 2.04. The summed E-state index contributed by atoms with van der Waals surface area (Å²) in [6.07, 6.45) is 1.15. The molecule has 15 heavy (non-hydrogen) atoms. The Labute approximate surface area is 91.5 Å². The van der Waals surface area contributed by atoms with Crippen molar-refractivity contribution in [2.45, 2.75) is 13.3 Å². The van der Waals surface area contributed by atoms with Gasteiger partial charge in [0.1, 0.15) is 5.92 Å². The van der Waals surface area contributed by atoms with Crippen LogP contribution < -0.4 is 0 Å². The van der Waals surface area contributed by atoms with Crippen LogP contribution in [0.3, 0.4) is 0 Å². The maximum atomic E-state index is 11.6. The third-order valence-electron chi connectivity index (χ3n) is 2.96. The number of hydrogen-bond donors (Lipinski definition) is 0. The summed E-state index contributed by atoms with van der Waals surface area (Å²) in [6, 6.07) is 1.98. The number of carbonyl (C=O) groups is 1. The number of nitrogens with zero attached hydrogens (tertiary/aromatic N) is 3. The maximum absolute atomic E-state index is 11.6. The lowest BCUT2D eigenvalue weighted by molar-refractivity contribution is -0.132. The Hall–Kier alpha value is -1.08. The molecule has 1 rings (SSSR count). The van der Waals surface area contributed by atoms with Crippen LogP contribution in [0.2, 0.25) is 0 Å². The highest BCUT2D eigenvalue weighted by Gasteiger charge is 2.24. The molecule has 1 saturated heterocycles. The minimum atomic E-state index is -0.519. The van der Waals surface area contributed by atoms with E-state index in [1.165, 1.54) is 0 Å². The first-order valence-electron chi connectivity index (χ1n) is 5.37. The van der Waals surface area contributed by atoms with Gasteiger partial charge in [-0.2, -0.15) is 5.26 Å². The fourth-order valence-corrected chi connectivity index (χ4v) is 2.04. The van der Waals surface area contributed by atoms with Crippen LogP contribution in [0, 0.1) is 23.2 Å². The van der Waals surface area contributed by atoms with Crippen LogP contribution in [0.15, 0.2) is 0 Å². The van der Waals surface area contributed by atoms with Gasteiger partial charge in [-0.15, -0.1) is 0 Å². The molecule has 1 aliphatic rings. The molecule has 2 atom stereocenters. The molecule has 1 aliphatic heterocycles. The molecule has 4 nitrogen and oxygen atoms in total. The molecular formula is C11H19N3O. The summed E-state index contributed by atoms with van der Waals surface area (Å²) >= 11 is 0. The maximum Gasteiger partial charge on any atom is 0.239 e. The second-order valence-electron chi connectivity index (χ2n) is 4.49. The summed E-state index contributed by atoms with van der Waals surface area (Å²) in [5.41, 5.74) is 0. The number of rotatable bonds is 3. The number of amides is 1. The van der Waals surface area contributed by atoms with Crippen LogP contribution in [-0.4, -0.2) is 49.4 Å². The van der Waals surface area contributed by atoms with Crippen LogP contribution in [-0.2, 0) is 4.79 Å². The Bertz CT molecular complexity index is 271. The van der Waals surface area contributed by atoms with Crippen molar-refractivity contribution in [2.75, 3.05) is 33.7 Å². The van der Waals surface area contributed by atoms with E-state index in [-0.39, 0.29) is 5.91 Å². The second kappa shape index (κ2) is 5.13. The molecule has 0 spiro atoms. The molecule has 0 aliphatic carbocycles. The Balaban J connectivity index is 2.39. The molecule has 1 fully saturated rings. The summed E-state index contributed by atoms with van der Waals surface area (Å²) in [7, 11) is 3.88. The van der Waals surface area contributed by atoms with Gasteiger partial charge >= 0.3 is 0 Å². The van der Waals surface area contributed by atoms with E-state index in [1.807, 2.05) is 6.07 Å². The van der Waals surface area contributed by atoms with Crippen molar-refractivity contribution in [2.24, 2.45) is 11.8 Å². The second-order valence-corrected chi connectivity index (χ2v) is 4.49. The zero-order valence-corrected chi connectivity index (χ0v) is 9.73. The number of carbonyl (C=O) groups excluding carboxylic acids is 1. The van der Waals surface area contributed by atoms with Gasteiger partial charge in [-0.3, -0.25) is 4.79 Å². The zero-order chi connectivity index (χ0) is 11.4. The molecule has 0 aromatic heterocycles. The highest BCUT2D eigenvalue weighted by molar-refractivity contribution is 5.80. The lowest BCUT2D eigenvalue weighted by Gasteiger charge is -2.22. The number of nitriles is 1. The van der Waals surface area contributed by atoms with Crippen molar-refractivity contribution in [1.82, 2.24) is 9.80 Å². The van der Waals surface area contributed by atoms with Gasteiger partial charge in [0.05, 0.1) is 6.07 Å². The summed E-state index contributed by atoms with van der Waals surface area (Å²) in [4.78, 5) is 15.6. The van der Waals surface area contributed by atoms with Gasteiger partial charge < -0.3 is 9.80 Å². The molecule has 0 N–H and O–H groups in total. The van der Waals surface area contributed by atoms with E-state index in [0.717, 1.165) is 26.1 Å². The zero-order valence-electron chi connectivity index (χ0n) is 9.73. The third kappa shape index (κ3) is 3.21. The van der Waals surface area contributed by atoms with Gasteiger partial charge in [-0.1, -0.05) is 0 Å². The topological polar surface area (TPSA) is 47.3 Å². The predicted octanol–water partition coefficient (Wildman–Crippen LogP) is 0.556. The van der Waals surface area contributed by atoms with Gasteiger partial charge in [0.15, 0.2) is 0 Å². The standard InChI is InChI=1S/C11H19N3O/c1-9(6-12)11(15)14(3)8-10-4-5-13(2)7-10/h9-10H,4-5,7-8H2,1-3H3. The Kier molecular flexibility index (Phi) is 4.10. The molecule has 0 radical (unpaired) electrons. The fraction of sp³-hybridized carbons (Fsp3) is 0.818. The van der Waals surface area contributed by atoms with E-state index in [9.17, 15) is 4.79 Å². The number of likely N-dealkylation sites (tertiary alicyclic amines) is 1. The van der Waals surface area contributed by atoms with Gasteiger partial charge in [0.2, 0.25) is 5.91 Å². The smallest absolute Gasteiger partial charge is 0.239 e. The van der Waals surface area contributed by atoms with E-state index in [1.54, 1.807) is 18.9 Å². The summed E-state index contributed by atoms with van der Waals surface area (Å²) in [6.45, 7) is 4.59.